The maximum absolute atomic E-state index is 12.2. The van der Waals surface area contributed by atoms with Crippen LogP contribution in [0.2, 0.25) is 5.02 Å². The minimum Gasteiger partial charge on any atom is -0.391 e. The second-order valence-corrected chi connectivity index (χ2v) is 5.43. The van der Waals surface area contributed by atoms with Crippen molar-refractivity contribution < 1.29 is 9.90 Å². The average Bonchev–Trinajstić information content (AvgIpc) is 2.87. The average molecular weight is 294 g/mol. The number of fused-ring (bicyclic) bond motifs is 1. The van der Waals surface area contributed by atoms with Gasteiger partial charge in [0.25, 0.3) is 5.91 Å². The molecule has 4 N–H and O–H groups in total. The molecule has 2 heterocycles. The molecule has 2 aromatic rings. The second kappa shape index (κ2) is 5.44. The molecule has 0 spiro atoms. The number of carbonyl (C=O) groups is 1. The molecule has 0 aliphatic carbocycles. The molecule has 0 bridgehead atoms. The van der Waals surface area contributed by atoms with Crippen LogP contribution >= 0.6 is 11.6 Å². The zero-order chi connectivity index (χ0) is 14.1. The number of halogens is 1. The Kier molecular flexibility index (Phi) is 3.65. The van der Waals surface area contributed by atoms with Gasteiger partial charge in [0.2, 0.25) is 0 Å². The van der Waals surface area contributed by atoms with Gasteiger partial charge in [0.15, 0.2) is 0 Å². The number of nitrogens with one attached hydrogen (secondary N) is 3. The summed E-state index contributed by atoms with van der Waals surface area (Å²) in [6.07, 6.45) is 0.136. The smallest absolute Gasteiger partial charge is 0.268 e. The van der Waals surface area contributed by atoms with E-state index in [-0.39, 0.29) is 11.9 Å². The number of carbonyl (C=O) groups excluding carboxylic acids is 1. The summed E-state index contributed by atoms with van der Waals surface area (Å²) in [6, 6.07) is 6.95. The third-order valence-electron chi connectivity index (χ3n) is 3.62. The predicted octanol–water partition coefficient (Wildman–Crippen LogP) is 1.27. The van der Waals surface area contributed by atoms with Crippen molar-refractivity contribution in [2.75, 3.05) is 13.1 Å². The van der Waals surface area contributed by atoms with Gasteiger partial charge in [0, 0.05) is 22.5 Å². The fourth-order valence-electron chi connectivity index (χ4n) is 2.48. The van der Waals surface area contributed by atoms with E-state index in [1.165, 1.54) is 0 Å². The summed E-state index contributed by atoms with van der Waals surface area (Å²) in [5.41, 5.74) is 1.27. The van der Waals surface area contributed by atoms with Gasteiger partial charge in [-0.3, -0.25) is 4.79 Å². The summed E-state index contributed by atoms with van der Waals surface area (Å²) < 4.78 is 0. The van der Waals surface area contributed by atoms with Crippen LogP contribution in [0.4, 0.5) is 0 Å². The molecule has 1 aromatic heterocycles. The van der Waals surface area contributed by atoms with Gasteiger partial charge in [0.05, 0.1) is 12.1 Å². The van der Waals surface area contributed by atoms with Gasteiger partial charge in [-0.1, -0.05) is 17.7 Å². The minimum atomic E-state index is -0.506. The number of aliphatic hydroxyl groups is 1. The van der Waals surface area contributed by atoms with Crippen LogP contribution in [0.5, 0.6) is 0 Å². The summed E-state index contributed by atoms with van der Waals surface area (Å²) in [5, 5.41) is 17.3. The number of benzene rings is 1. The standard InChI is InChI=1S/C14H16ClN3O2/c15-9-2-1-3-10-8(9)6-11(17-10)14(20)18-12-7-16-5-4-13(12)19/h1-3,6,12-13,16-17,19H,4-5,7H2,(H,18,20). The highest BCUT2D eigenvalue weighted by Crippen LogP contribution is 2.24. The maximum atomic E-state index is 12.2. The molecule has 20 heavy (non-hydrogen) atoms. The van der Waals surface area contributed by atoms with E-state index in [1.54, 1.807) is 12.1 Å². The Labute approximate surface area is 121 Å². The maximum Gasteiger partial charge on any atom is 0.268 e. The SMILES string of the molecule is O=C(NC1CNCCC1O)c1cc2c(Cl)cccc2[nH]1. The molecule has 1 fully saturated rings. The van der Waals surface area contributed by atoms with Crippen molar-refractivity contribution in [2.24, 2.45) is 0 Å². The zero-order valence-corrected chi connectivity index (χ0v) is 11.6. The number of piperidine rings is 1. The summed E-state index contributed by atoms with van der Waals surface area (Å²) in [4.78, 5) is 15.3. The number of amides is 1. The van der Waals surface area contributed by atoms with Crippen LogP contribution in [0.1, 0.15) is 16.9 Å². The molecule has 5 nitrogen and oxygen atoms in total. The lowest BCUT2D eigenvalue weighted by Crippen LogP contribution is -2.53. The molecular formula is C14H16ClN3O2. The monoisotopic (exact) mass is 293 g/mol. The Morgan fingerprint density at radius 3 is 3.05 bits per heavy atom. The van der Waals surface area contributed by atoms with E-state index in [1.807, 2.05) is 12.1 Å². The van der Waals surface area contributed by atoms with E-state index < -0.39 is 6.10 Å². The predicted molar refractivity (Wildman–Crippen MR) is 78.1 cm³/mol. The lowest BCUT2D eigenvalue weighted by Gasteiger charge is -2.28. The highest BCUT2D eigenvalue weighted by molar-refractivity contribution is 6.35. The lowest BCUT2D eigenvalue weighted by molar-refractivity contribution is 0.0751. The summed E-state index contributed by atoms with van der Waals surface area (Å²) >= 11 is 6.09. The number of hydrogen-bond donors (Lipinski definition) is 4. The molecule has 1 aliphatic heterocycles. The van der Waals surface area contributed by atoms with E-state index in [9.17, 15) is 9.90 Å². The fourth-order valence-corrected chi connectivity index (χ4v) is 2.71. The highest BCUT2D eigenvalue weighted by Gasteiger charge is 2.25. The number of H-pyrrole nitrogens is 1. The molecule has 1 aliphatic rings. The van der Waals surface area contributed by atoms with E-state index in [0.29, 0.717) is 23.7 Å². The first kappa shape index (κ1) is 13.4. The first-order chi connectivity index (χ1) is 9.65. The molecule has 1 aromatic carbocycles. The highest BCUT2D eigenvalue weighted by atomic mass is 35.5. The largest absolute Gasteiger partial charge is 0.391 e. The summed E-state index contributed by atoms with van der Waals surface area (Å²) in [6.45, 7) is 1.35. The second-order valence-electron chi connectivity index (χ2n) is 5.02. The van der Waals surface area contributed by atoms with E-state index in [2.05, 4.69) is 15.6 Å². The van der Waals surface area contributed by atoms with Crippen LogP contribution < -0.4 is 10.6 Å². The van der Waals surface area contributed by atoms with Gasteiger partial charge in [-0.25, -0.2) is 0 Å². The number of aromatic nitrogens is 1. The van der Waals surface area contributed by atoms with Crippen LogP contribution in [0.25, 0.3) is 10.9 Å². The van der Waals surface area contributed by atoms with Gasteiger partial charge >= 0.3 is 0 Å². The third-order valence-corrected chi connectivity index (χ3v) is 3.95. The first-order valence-electron chi connectivity index (χ1n) is 6.62. The Morgan fingerprint density at radius 1 is 1.45 bits per heavy atom. The van der Waals surface area contributed by atoms with Crippen molar-refractivity contribution in [3.05, 3.63) is 35.0 Å². The van der Waals surface area contributed by atoms with Gasteiger partial charge < -0.3 is 20.7 Å². The van der Waals surface area contributed by atoms with Crippen LogP contribution in [0.3, 0.4) is 0 Å². The van der Waals surface area contributed by atoms with Crippen LogP contribution in [-0.2, 0) is 0 Å². The number of hydrogen-bond acceptors (Lipinski definition) is 3. The molecule has 106 valence electrons. The minimum absolute atomic E-state index is 0.231. The van der Waals surface area contributed by atoms with Crippen molar-refractivity contribution >= 4 is 28.4 Å². The molecule has 6 heteroatoms. The molecule has 2 unspecified atom stereocenters. The lowest BCUT2D eigenvalue weighted by atomic mass is 10.0. The van der Waals surface area contributed by atoms with Crippen LogP contribution in [0.15, 0.2) is 24.3 Å². The Balaban J connectivity index is 1.80. The quantitative estimate of drug-likeness (QED) is 0.673. The molecule has 0 saturated carbocycles. The topological polar surface area (TPSA) is 77.2 Å². The van der Waals surface area contributed by atoms with Gasteiger partial charge in [0.1, 0.15) is 5.69 Å². The summed E-state index contributed by atoms with van der Waals surface area (Å²) in [5.74, 6) is -0.231. The van der Waals surface area contributed by atoms with E-state index >= 15 is 0 Å². The molecule has 1 saturated heterocycles. The van der Waals surface area contributed by atoms with Crippen molar-refractivity contribution in [3.8, 4) is 0 Å². The van der Waals surface area contributed by atoms with Crippen molar-refractivity contribution in [3.63, 3.8) is 0 Å². The van der Waals surface area contributed by atoms with Gasteiger partial charge in [-0.15, -0.1) is 0 Å². The fraction of sp³-hybridized carbons (Fsp3) is 0.357. The number of aliphatic hydroxyl groups excluding tert-OH is 1. The van der Waals surface area contributed by atoms with Crippen LogP contribution in [-0.4, -0.2) is 41.2 Å². The van der Waals surface area contributed by atoms with Gasteiger partial charge in [-0.05, 0) is 31.2 Å². The van der Waals surface area contributed by atoms with Crippen molar-refractivity contribution in [2.45, 2.75) is 18.6 Å². The molecule has 0 radical (unpaired) electrons. The zero-order valence-electron chi connectivity index (χ0n) is 10.8. The first-order valence-corrected chi connectivity index (χ1v) is 7.00. The van der Waals surface area contributed by atoms with Crippen LogP contribution in [0, 0.1) is 0 Å². The Morgan fingerprint density at radius 2 is 2.30 bits per heavy atom. The van der Waals surface area contributed by atoms with Crippen molar-refractivity contribution in [1.82, 2.24) is 15.6 Å². The third kappa shape index (κ3) is 2.52. The molecule has 1 amide bonds. The molecule has 3 rings (SSSR count). The number of rotatable bonds is 2. The van der Waals surface area contributed by atoms with Gasteiger partial charge in [-0.2, -0.15) is 0 Å². The normalized spacial score (nSPS) is 22.9. The summed E-state index contributed by atoms with van der Waals surface area (Å²) in [7, 11) is 0. The van der Waals surface area contributed by atoms with E-state index in [0.717, 1.165) is 17.4 Å². The van der Waals surface area contributed by atoms with Crippen molar-refractivity contribution in [1.29, 1.82) is 0 Å². The molecular weight excluding hydrogens is 278 g/mol. The van der Waals surface area contributed by atoms with E-state index in [4.69, 9.17) is 11.6 Å². The Hall–Kier alpha value is -1.56. The molecule has 2 atom stereocenters. The Bertz CT molecular complexity index is 640. The number of aromatic amines is 1.